The lowest BCUT2D eigenvalue weighted by atomic mass is 9.92. The monoisotopic (exact) mass is 346 g/mol. The Balaban J connectivity index is 2.70. The molecule has 0 radical (unpaired) electrons. The van der Waals surface area contributed by atoms with E-state index in [1.54, 1.807) is 5.32 Å². The number of amides is 2. The van der Waals surface area contributed by atoms with Gasteiger partial charge in [-0.2, -0.15) is 0 Å². The van der Waals surface area contributed by atoms with Crippen LogP contribution in [-0.4, -0.2) is 29.1 Å². The van der Waals surface area contributed by atoms with Gasteiger partial charge in [0, 0.05) is 18.7 Å². The highest BCUT2D eigenvalue weighted by atomic mass is 19.1. The van der Waals surface area contributed by atoms with Crippen LogP contribution in [0.5, 0.6) is 0 Å². The van der Waals surface area contributed by atoms with Crippen molar-refractivity contribution in [2.45, 2.75) is 45.1 Å². The van der Waals surface area contributed by atoms with E-state index in [2.05, 4.69) is 5.32 Å². The molecule has 3 N–H and O–H groups in total. The van der Waals surface area contributed by atoms with Crippen LogP contribution in [-0.2, 0) is 9.59 Å². The molecular weight excluding hydrogens is 325 g/mol. The lowest BCUT2D eigenvalue weighted by Crippen LogP contribution is -2.46. The van der Waals surface area contributed by atoms with Gasteiger partial charge in [-0.15, -0.1) is 0 Å². The zero-order valence-electron chi connectivity index (χ0n) is 13.6. The molecule has 0 atom stereocenters. The highest BCUT2D eigenvalue weighted by Gasteiger charge is 2.27. The molecule has 0 saturated carbocycles. The largest absolute Gasteiger partial charge is 0.388 e. The summed E-state index contributed by atoms with van der Waals surface area (Å²) in [7, 11) is 0. The number of aliphatic hydroxyl groups is 1. The van der Waals surface area contributed by atoms with Crippen LogP contribution in [0.25, 0.3) is 0 Å². The molecular formula is C16H21F3N2O3. The first-order valence-corrected chi connectivity index (χ1v) is 7.68. The van der Waals surface area contributed by atoms with Crippen molar-refractivity contribution in [3.8, 4) is 0 Å². The van der Waals surface area contributed by atoms with Crippen molar-refractivity contribution in [2.75, 3.05) is 11.9 Å². The number of carbonyl (C=O) groups is 2. The minimum Gasteiger partial charge on any atom is -0.388 e. The molecule has 134 valence electrons. The van der Waals surface area contributed by atoms with Crippen LogP contribution in [0.1, 0.15) is 39.5 Å². The van der Waals surface area contributed by atoms with Crippen LogP contribution in [0.3, 0.4) is 0 Å². The average Bonchev–Trinajstić information content (AvgIpc) is 2.48. The number of hydrogen-bond acceptors (Lipinski definition) is 3. The van der Waals surface area contributed by atoms with Gasteiger partial charge in [-0.1, -0.05) is 26.7 Å². The molecule has 1 rings (SSSR count). The molecule has 0 saturated heterocycles. The van der Waals surface area contributed by atoms with Crippen LogP contribution in [0.2, 0.25) is 0 Å². The second kappa shape index (κ2) is 8.68. The fourth-order valence-electron chi connectivity index (χ4n) is 2.39. The average molecular weight is 346 g/mol. The van der Waals surface area contributed by atoms with Gasteiger partial charge in [-0.25, -0.2) is 13.2 Å². The van der Waals surface area contributed by atoms with Crippen molar-refractivity contribution >= 4 is 17.5 Å². The summed E-state index contributed by atoms with van der Waals surface area (Å²) in [6.45, 7) is 3.58. The molecule has 2 amide bonds. The van der Waals surface area contributed by atoms with E-state index in [0.29, 0.717) is 37.8 Å². The number of benzene rings is 1. The summed E-state index contributed by atoms with van der Waals surface area (Å²) in [5.41, 5.74) is -2.06. The number of nitrogens with one attached hydrogen (secondary N) is 2. The van der Waals surface area contributed by atoms with Gasteiger partial charge in [0.1, 0.15) is 11.5 Å². The SMILES string of the molecule is CCCC(O)(CCC)CNC(=O)C(=O)Nc1c(F)cc(F)cc1F. The van der Waals surface area contributed by atoms with Gasteiger partial charge in [0.2, 0.25) is 0 Å². The van der Waals surface area contributed by atoms with Crippen molar-refractivity contribution in [3.63, 3.8) is 0 Å². The molecule has 0 bridgehead atoms. The maximum absolute atomic E-state index is 13.4. The molecule has 5 nitrogen and oxygen atoms in total. The summed E-state index contributed by atoms with van der Waals surface area (Å²) < 4.78 is 39.7. The van der Waals surface area contributed by atoms with E-state index in [1.807, 2.05) is 13.8 Å². The topological polar surface area (TPSA) is 78.4 Å². The first-order valence-electron chi connectivity index (χ1n) is 7.68. The molecule has 1 aromatic carbocycles. The smallest absolute Gasteiger partial charge is 0.313 e. The standard InChI is InChI=1S/C16H21F3N2O3/c1-3-5-16(24,6-4-2)9-20-14(22)15(23)21-13-11(18)7-10(17)8-12(13)19/h7-8,24H,3-6,9H2,1-2H3,(H,20,22)(H,21,23). The van der Waals surface area contributed by atoms with Gasteiger partial charge in [0.05, 0.1) is 5.60 Å². The van der Waals surface area contributed by atoms with Crippen molar-refractivity contribution in [3.05, 3.63) is 29.6 Å². The Morgan fingerprint density at radius 3 is 2.00 bits per heavy atom. The minimum atomic E-state index is -1.33. The van der Waals surface area contributed by atoms with Gasteiger partial charge in [0.25, 0.3) is 0 Å². The van der Waals surface area contributed by atoms with Crippen LogP contribution < -0.4 is 10.6 Å². The highest BCUT2D eigenvalue weighted by Crippen LogP contribution is 2.20. The fraction of sp³-hybridized carbons (Fsp3) is 0.500. The lowest BCUT2D eigenvalue weighted by Gasteiger charge is -2.27. The first kappa shape index (κ1) is 20.0. The Morgan fingerprint density at radius 1 is 1.04 bits per heavy atom. The maximum atomic E-state index is 13.4. The lowest BCUT2D eigenvalue weighted by molar-refractivity contribution is -0.137. The predicted octanol–water partition coefficient (Wildman–Crippen LogP) is 2.49. The molecule has 0 unspecified atom stereocenters. The van der Waals surface area contributed by atoms with Crippen molar-refractivity contribution < 1.29 is 27.9 Å². The number of carbonyl (C=O) groups excluding carboxylic acids is 2. The number of rotatable bonds is 7. The van der Waals surface area contributed by atoms with Gasteiger partial charge in [-0.05, 0) is 12.8 Å². The zero-order valence-corrected chi connectivity index (χ0v) is 13.6. The molecule has 0 heterocycles. The van der Waals surface area contributed by atoms with Crippen molar-refractivity contribution in [2.24, 2.45) is 0 Å². The summed E-state index contributed by atoms with van der Waals surface area (Å²) in [5, 5.41) is 14.3. The molecule has 0 aliphatic rings. The highest BCUT2D eigenvalue weighted by molar-refractivity contribution is 6.39. The first-order chi connectivity index (χ1) is 11.2. The van der Waals surface area contributed by atoms with E-state index in [4.69, 9.17) is 0 Å². The third-order valence-corrected chi connectivity index (χ3v) is 3.46. The quantitative estimate of drug-likeness (QED) is 0.664. The normalized spacial score (nSPS) is 11.2. The molecule has 0 fully saturated rings. The Morgan fingerprint density at radius 2 is 1.54 bits per heavy atom. The van der Waals surface area contributed by atoms with Gasteiger partial charge >= 0.3 is 11.8 Å². The van der Waals surface area contributed by atoms with Crippen LogP contribution in [0.15, 0.2) is 12.1 Å². The number of hydrogen-bond donors (Lipinski definition) is 3. The Bertz CT molecular complexity index is 579. The third-order valence-electron chi connectivity index (χ3n) is 3.46. The minimum absolute atomic E-state index is 0.157. The molecule has 0 aliphatic heterocycles. The molecule has 1 aromatic rings. The Labute approximate surface area is 138 Å². The summed E-state index contributed by atoms with van der Waals surface area (Å²) in [4.78, 5) is 23.4. The fourth-order valence-corrected chi connectivity index (χ4v) is 2.39. The van der Waals surface area contributed by atoms with Crippen molar-refractivity contribution in [1.82, 2.24) is 5.32 Å². The Hall–Kier alpha value is -2.09. The van der Waals surface area contributed by atoms with Crippen LogP contribution in [0, 0.1) is 17.5 Å². The second-order valence-electron chi connectivity index (χ2n) is 5.61. The summed E-state index contributed by atoms with van der Waals surface area (Å²) in [5.74, 6) is -6.26. The summed E-state index contributed by atoms with van der Waals surface area (Å²) >= 11 is 0. The van der Waals surface area contributed by atoms with Crippen LogP contribution >= 0.6 is 0 Å². The van der Waals surface area contributed by atoms with Crippen molar-refractivity contribution in [1.29, 1.82) is 0 Å². The van der Waals surface area contributed by atoms with E-state index in [-0.39, 0.29) is 6.54 Å². The summed E-state index contributed by atoms with van der Waals surface area (Å²) in [6.07, 6.45) is 2.24. The molecule has 0 spiro atoms. The van der Waals surface area contributed by atoms with Gasteiger partial charge < -0.3 is 15.7 Å². The molecule has 0 aromatic heterocycles. The van der Waals surface area contributed by atoms with Gasteiger partial charge in [-0.3, -0.25) is 9.59 Å². The molecule has 8 heteroatoms. The van der Waals surface area contributed by atoms with Crippen LogP contribution in [0.4, 0.5) is 18.9 Å². The molecule has 24 heavy (non-hydrogen) atoms. The van der Waals surface area contributed by atoms with E-state index < -0.39 is 40.6 Å². The van der Waals surface area contributed by atoms with E-state index in [0.717, 1.165) is 0 Å². The third kappa shape index (κ3) is 5.52. The number of anilines is 1. The maximum Gasteiger partial charge on any atom is 0.313 e. The molecule has 0 aliphatic carbocycles. The summed E-state index contributed by atoms with van der Waals surface area (Å²) in [6, 6.07) is 0.773. The van der Waals surface area contributed by atoms with E-state index in [9.17, 15) is 27.9 Å². The van der Waals surface area contributed by atoms with E-state index >= 15 is 0 Å². The zero-order chi connectivity index (χ0) is 18.3. The predicted molar refractivity (Wildman–Crippen MR) is 82.7 cm³/mol. The van der Waals surface area contributed by atoms with E-state index in [1.165, 1.54) is 0 Å². The van der Waals surface area contributed by atoms with Gasteiger partial charge in [0.15, 0.2) is 11.6 Å². The Kier molecular flexibility index (Phi) is 7.21. The second-order valence-corrected chi connectivity index (χ2v) is 5.61. The number of halogens is 3.